The van der Waals surface area contributed by atoms with Crippen LogP contribution in [0.5, 0.6) is 6.01 Å². The Hall–Kier alpha value is -2.83. The van der Waals surface area contributed by atoms with Gasteiger partial charge in [-0.25, -0.2) is 5.10 Å². The number of ether oxygens (including phenoxy) is 1. The molecule has 1 amide bonds. The predicted octanol–water partition coefficient (Wildman–Crippen LogP) is 1.55. The lowest BCUT2D eigenvalue weighted by Gasteiger charge is -2.02. The fourth-order valence-corrected chi connectivity index (χ4v) is 1.85. The first-order valence-electron chi connectivity index (χ1n) is 5.62. The summed E-state index contributed by atoms with van der Waals surface area (Å²) >= 11 is 0. The van der Waals surface area contributed by atoms with Crippen LogP contribution in [0, 0.1) is 0 Å². The number of H-pyrrole nitrogens is 2. The van der Waals surface area contributed by atoms with Crippen molar-refractivity contribution in [2.45, 2.75) is 0 Å². The zero-order chi connectivity index (χ0) is 13.2. The number of nitrogens with one attached hydrogen (secondary N) is 3. The number of fused-ring (bicyclic) bond motifs is 1. The molecule has 96 valence electrons. The van der Waals surface area contributed by atoms with Crippen LogP contribution >= 0.6 is 0 Å². The van der Waals surface area contributed by atoms with Gasteiger partial charge in [-0.05, 0) is 18.2 Å². The molecule has 7 heteroatoms. The van der Waals surface area contributed by atoms with E-state index in [-0.39, 0.29) is 17.9 Å². The quantitative estimate of drug-likeness (QED) is 0.663. The number of carbonyl (C=O) groups excluding carboxylic acids is 1. The Morgan fingerprint density at radius 3 is 3.05 bits per heavy atom. The van der Waals surface area contributed by atoms with Gasteiger partial charge in [-0.15, -0.1) is 5.10 Å². The summed E-state index contributed by atoms with van der Waals surface area (Å²) in [6.07, 6.45) is 1.79. The average molecular weight is 257 g/mol. The summed E-state index contributed by atoms with van der Waals surface area (Å²) in [5, 5.41) is 9.81. The second-order valence-electron chi connectivity index (χ2n) is 3.87. The molecule has 0 saturated heterocycles. The molecule has 0 aliphatic rings. The van der Waals surface area contributed by atoms with Crippen molar-refractivity contribution in [2.75, 3.05) is 12.4 Å². The third-order valence-corrected chi connectivity index (χ3v) is 2.72. The minimum Gasteiger partial charge on any atom is -0.466 e. The number of aromatic amines is 2. The standard InChI is InChI=1S/C12H11N5O2/c1-19-12-15-11(16-17-12)14-10(18)8-3-2-4-9-7(8)5-6-13-9/h2-6,13H,1H3,(H2,14,15,16,17,18). The predicted molar refractivity (Wildman–Crippen MR) is 69.2 cm³/mol. The van der Waals surface area contributed by atoms with Gasteiger partial charge in [0.25, 0.3) is 5.91 Å². The van der Waals surface area contributed by atoms with Crippen LogP contribution in [-0.4, -0.2) is 33.2 Å². The Balaban J connectivity index is 1.89. The minimum atomic E-state index is -0.260. The smallest absolute Gasteiger partial charge is 0.336 e. The largest absolute Gasteiger partial charge is 0.466 e. The SMILES string of the molecule is COc1n[nH]c(NC(=O)c2cccc3[nH]ccc23)n1. The molecule has 0 spiro atoms. The van der Waals surface area contributed by atoms with Gasteiger partial charge in [0.15, 0.2) is 0 Å². The number of anilines is 1. The number of amides is 1. The number of carbonyl (C=O) groups is 1. The summed E-state index contributed by atoms with van der Waals surface area (Å²) in [6.45, 7) is 0. The molecule has 0 atom stereocenters. The number of benzene rings is 1. The van der Waals surface area contributed by atoms with Crippen molar-refractivity contribution in [3.8, 4) is 6.01 Å². The number of hydrogen-bond acceptors (Lipinski definition) is 4. The van der Waals surface area contributed by atoms with E-state index in [4.69, 9.17) is 4.74 Å². The summed E-state index contributed by atoms with van der Waals surface area (Å²) in [6, 6.07) is 7.50. The molecule has 7 nitrogen and oxygen atoms in total. The molecule has 0 aliphatic heterocycles. The van der Waals surface area contributed by atoms with E-state index < -0.39 is 0 Å². The van der Waals surface area contributed by atoms with Gasteiger partial charge in [0.2, 0.25) is 5.95 Å². The Bertz CT molecular complexity index is 730. The average Bonchev–Trinajstić information content (AvgIpc) is 3.05. The fourth-order valence-electron chi connectivity index (χ4n) is 1.85. The van der Waals surface area contributed by atoms with Gasteiger partial charge in [0.1, 0.15) is 0 Å². The second kappa shape index (κ2) is 4.45. The Morgan fingerprint density at radius 1 is 1.37 bits per heavy atom. The molecular weight excluding hydrogens is 246 g/mol. The molecular formula is C12H11N5O2. The van der Waals surface area contributed by atoms with E-state index in [1.54, 1.807) is 12.3 Å². The Labute approximate surface area is 108 Å². The molecule has 2 aromatic heterocycles. The summed E-state index contributed by atoms with van der Waals surface area (Å²) < 4.78 is 4.83. The summed E-state index contributed by atoms with van der Waals surface area (Å²) in [5.74, 6) is -0.0154. The van der Waals surface area contributed by atoms with Crippen LogP contribution in [0.2, 0.25) is 0 Å². The summed E-state index contributed by atoms with van der Waals surface area (Å²) in [7, 11) is 1.45. The van der Waals surface area contributed by atoms with Gasteiger partial charge in [-0.3, -0.25) is 10.1 Å². The van der Waals surface area contributed by atoms with Crippen molar-refractivity contribution in [3.63, 3.8) is 0 Å². The van der Waals surface area contributed by atoms with Crippen LogP contribution in [-0.2, 0) is 0 Å². The maximum absolute atomic E-state index is 12.2. The highest BCUT2D eigenvalue weighted by Crippen LogP contribution is 2.18. The molecule has 0 saturated carbocycles. The van der Waals surface area contributed by atoms with Crippen molar-refractivity contribution < 1.29 is 9.53 Å². The number of methoxy groups -OCH3 is 1. The van der Waals surface area contributed by atoms with Crippen LogP contribution in [0.15, 0.2) is 30.5 Å². The van der Waals surface area contributed by atoms with Gasteiger partial charge in [0, 0.05) is 22.7 Å². The number of rotatable bonds is 3. The molecule has 19 heavy (non-hydrogen) atoms. The highest BCUT2D eigenvalue weighted by atomic mass is 16.5. The van der Waals surface area contributed by atoms with Crippen molar-refractivity contribution in [2.24, 2.45) is 0 Å². The minimum absolute atomic E-state index is 0.176. The highest BCUT2D eigenvalue weighted by molar-refractivity contribution is 6.11. The lowest BCUT2D eigenvalue weighted by molar-refractivity contribution is 0.102. The van der Waals surface area contributed by atoms with Gasteiger partial charge in [0.05, 0.1) is 7.11 Å². The molecule has 0 radical (unpaired) electrons. The third-order valence-electron chi connectivity index (χ3n) is 2.72. The summed E-state index contributed by atoms with van der Waals surface area (Å²) in [5.41, 5.74) is 1.47. The number of nitrogens with zero attached hydrogens (tertiary/aromatic N) is 2. The summed E-state index contributed by atoms with van der Waals surface area (Å²) in [4.78, 5) is 19.2. The van der Waals surface area contributed by atoms with Gasteiger partial charge in [-0.2, -0.15) is 4.98 Å². The first-order chi connectivity index (χ1) is 9.28. The van der Waals surface area contributed by atoms with Crippen molar-refractivity contribution in [3.05, 3.63) is 36.0 Å². The van der Waals surface area contributed by atoms with Crippen LogP contribution in [0.3, 0.4) is 0 Å². The van der Waals surface area contributed by atoms with Crippen LogP contribution in [0.25, 0.3) is 10.9 Å². The van der Waals surface area contributed by atoms with Crippen molar-refractivity contribution >= 4 is 22.8 Å². The van der Waals surface area contributed by atoms with Crippen molar-refractivity contribution in [1.29, 1.82) is 0 Å². The van der Waals surface area contributed by atoms with Crippen LogP contribution in [0.4, 0.5) is 5.95 Å². The Kier molecular flexibility index (Phi) is 2.64. The van der Waals surface area contributed by atoms with Gasteiger partial charge in [-0.1, -0.05) is 6.07 Å². The Morgan fingerprint density at radius 2 is 2.26 bits per heavy atom. The van der Waals surface area contributed by atoms with E-state index in [0.29, 0.717) is 5.56 Å². The molecule has 0 aliphatic carbocycles. The molecule has 3 rings (SSSR count). The zero-order valence-electron chi connectivity index (χ0n) is 10.1. The van der Waals surface area contributed by atoms with E-state index in [1.807, 2.05) is 18.2 Å². The maximum Gasteiger partial charge on any atom is 0.336 e. The van der Waals surface area contributed by atoms with E-state index in [0.717, 1.165) is 10.9 Å². The topological polar surface area (TPSA) is 95.7 Å². The number of hydrogen-bond donors (Lipinski definition) is 3. The van der Waals surface area contributed by atoms with E-state index in [9.17, 15) is 4.79 Å². The molecule has 0 fully saturated rings. The van der Waals surface area contributed by atoms with Gasteiger partial charge < -0.3 is 9.72 Å². The zero-order valence-corrected chi connectivity index (χ0v) is 10.1. The molecule has 1 aromatic carbocycles. The fraction of sp³-hybridized carbons (Fsp3) is 0.0833. The lowest BCUT2D eigenvalue weighted by atomic mass is 10.1. The van der Waals surface area contributed by atoms with Crippen LogP contribution in [0.1, 0.15) is 10.4 Å². The van der Waals surface area contributed by atoms with Gasteiger partial charge >= 0.3 is 6.01 Å². The monoisotopic (exact) mass is 257 g/mol. The molecule has 0 bridgehead atoms. The number of aromatic nitrogens is 4. The first-order valence-corrected chi connectivity index (χ1v) is 5.62. The lowest BCUT2D eigenvalue weighted by Crippen LogP contribution is -2.13. The van der Waals surface area contributed by atoms with E-state index >= 15 is 0 Å². The molecule has 3 aromatic rings. The highest BCUT2D eigenvalue weighted by Gasteiger charge is 2.12. The molecule has 0 unspecified atom stereocenters. The van der Waals surface area contributed by atoms with E-state index in [2.05, 4.69) is 25.5 Å². The van der Waals surface area contributed by atoms with Crippen molar-refractivity contribution in [1.82, 2.24) is 20.2 Å². The third kappa shape index (κ3) is 2.01. The first kappa shape index (κ1) is 11.3. The molecule has 3 N–H and O–H groups in total. The normalized spacial score (nSPS) is 10.6. The van der Waals surface area contributed by atoms with Crippen LogP contribution < -0.4 is 10.1 Å². The maximum atomic E-state index is 12.2. The van der Waals surface area contributed by atoms with E-state index in [1.165, 1.54) is 7.11 Å². The molecule has 2 heterocycles. The second-order valence-corrected chi connectivity index (χ2v) is 3.87.